The van der Waals surface area contributed by atoms with E-state index in [0.717, 1.165) is 18.7 Å². The molecule has 1 rings (SSSR count). The monoisotopic (exact) mass is 299 g/mol. The summed E-state index contributed by atoms with van der Waals surface area (Å²) in [5.74, 6) is 4.43. The minimum Gasteiger partial charge on any atom is -0.493 e. The standard InChI is InChI=1S/C15H25NO3S/c1-5-20-8-6-7-16-11-12-9-13(17-2)15(19-4)14(10-12)18-3/h9-10,16H,5-8,11H2,1-4H3. The minimum atomic E-state index is 0.637. The number of ether oxygens (including phenoxy) is 3. The number of nitrogens with one attached hydrogen (secondary N) is 1. The Hall–Kier alpha value is -1.07. The molecular formula is C15H25NO3S. The van der Waals surface area contributed by atoms with Gasteiger partial charge in [0.25, 0.3) is 0 Å². The quantitative estimate of drug-likeness (QED) is 0.673. The summed E-state index contributed by atoms with van der Waals surface area (Å²) < 4.78 is 16.0. The number of hydrogen-bond acceptors (Lipinski definition) is 5. The van der Waals surface area contributed by atoms with Crippen molar-refractivity contribution in [3.8, 4) is 17.2 Å². The molecule has 4 nitrogen and oxygen atoms in total. The fourth-order valence-corrected chi connectivity index (χ4v) is 2.55. The molecule has 0 atom stereocenters. The van der Waals surface area contributed by atoms with Crippen molar-refractivity contribution in [2.75, 3.05) is 39.4 Å². The second-order valence-electron chi connectivity index (χ2n) is 4.26. The molecule has 0 spiro atoms. The van der Waals surface area contributed by atoms with E-state index < -0.39 is 0 Å². The van der Waals surface area contributed by atoms with E-state index in [2.05, 4.69) is 12.2 Å². The molecule has 0 aliphatic heterocycles. The van der Waals surface area contributed by atoms with Crippen LogP contribution in [0.15, 0.2) is 12.1 Å². The Labute approximate surface area is 126 Å². The van der Waals surface area contributed by atoms with E-state index in [-0.39, 0.29) is 0 Å². The summed E-state index contributed by atoms with van der Waals surface area (Å²) in [5.41, 5.74) is 1.13. The summed E-state index contributed by atoms with van der Waals surface area (Å²) in [4.78, 5) is 0. The van der Waals surface area contributed by atoms with Crippen LogP contribution in [-0.2, 0) is 6.54 Å². The van der Waals surface area contributed by atoms with E-state index in [0.29, 0.717) is 17.2 Å². The molecule has 20 heavy (non-hydrogen) atoms. The molecule has 0 amide bonds. The maximum absolute atomic E-state index is 5.34. The van der Waals surface area contributed by atoms with Gasteiger partial charge in [-0.25, -0.2) is 0 Å². The second-order valence-corrected chi connectivity index (χ2v) is 5.65. The van der Waals surface area contributed by atoms with Crippen LogP contribution < -0.4 is 19.5 Å². The van der Waals surface area contributed by atoms with Crippen molar-refractivity contribution in [1.82, 2.24) is 5.32 Å². The van der Waals surface area contributed by atoms with Crippen LogP contribution in [0.1, 0.15) is 18.9 Å². The Kier molecular flexibility index (Phi) is 8.30. The van der Waals surface area contributed by atoms with Crippen LogP contribution in [0.5, 0.6) is 17.2 Å². The number of hydrogen-bond donors (Lipinski definition) is 1. The largest absolute Gasteiger partial charge is 0.493 e. The van der Waals surface area contributed by atoms with E-state index in [1.807, 2.05) is 23.9 Å². The van der Waals surface area contributed by atoms with E-state index in [1.54, 1.807) is 21.3 Å². The number of thioether (sulfide) groups is 1. The molecule has 0 aromatic heterocycles. The lowest BCUT2D eigenvalue weighted by atomic mass is 10.1. The number of rotatable bonds is 10. The molecule has 0 radical (unpaired) electrons. The van der Waals surface area contributed by atoms with Gasteiger partial charge in [-0.2, -0.15) is 11.8 Å². The van der Waals surface area contributed by atoms with Gasteiger partial charge >= 0.3 is 0 Å². The Bertz CT molecular complexity index is 374. The van der Waals surface area contributed by atoms with Crippen LogP contribution >= 0.6 is 11.8 Å². The molecule has 0 heterocycles. The maximum atomic E-state index is 5.34. The Balaban J connectivity index is 2.57. The molecule has 0 aliphatic rings. The van der Waals surface area contributed by atoms with Crippen molar-refractivity contribution in [3.63, 3.8) is 0 Å². The molecule has 0 saturated heterocycles. The lowest BCUT2D eigenvalue weighted by molar-refractivity contribution is 0.323. The van der Waals surface area contributed by atoms with Crippen LogP contribution in [0.25, 0.3) is 0 Å². The van der Waals surface area contributed by atoms with Crippen molar-refractivity contribution in [3.05, 3.63) is 17.7 Å². The Morgan fingerprint density at radius 2 is 1.70 bits per heavy atom. The predicted molar refractivity (Wildman–Crippen MR) is 85.4 cm³/mol. The minimum absolute atomic E-state index is 0.637. The molecule has 1 N–H and O–H groups in total. The first-order chi connectivity index (χ1) is 9.76. The van der Waals surface area contributed by atoms with Gasteiger partial charge in [0.2, 0.25) is 5.75 Å². The normalized spacial score (nSPS) is 10.4. The summed E-state index contributed by atoms with van der Waals surface area (Å²) in [7, 11) is 4.89. The van der Waals surface area contributed by atoms with Gasteiger partial charge in [-0.1, -0.05) is 6.92 Å². The van der Waals surface area contributed by atoms with Crippen LogP contribution in [-0.4, -0.2) is 39.4 Å². The summed E-state index contributed by atoms with van der Waals surface area (Å²) in [5, 5.41) is 3.44. The van der Waals surface area contributed by atoms with Crippen molar-refractivity contribution in [2.45, 2.75) is 19.9 Å². The summed E-state index contributed by atoms with van der Waals surface area (Å²) in [6.07, 6.45) is 1.18. The van der Waals surface area contributed by atoms with Gasteiger partial charge in [-0.15, -0.1) is 0 Å². The van der Waals surface area contributed by atoms with Crippen molar-refractivity contribution in [2.24, 2.45) is 0 Å². The fourth-order valence-electron chi connectivity index (χ4n) is 1.91. The van der Waals surface area contributed by atoms with Gasteiger partial charge in [-0.3, -0.25) is 0 Å². The van der Waals surface area contributed by atoms with Crippen LogP contribution in [0, 0.1) is 0 Å². The van der Waals surface area contributed by atoms with Crippen LogP contribution in [0.3, 0.4) is 0 Å². The van der Waals surface area contributed by atoms with Gasteiger partial charge in [0, 0.05) is 6.54 Å². The Morgan fingerprint density at radius 1 is 1.05 bits per heavy atom. The first-order valence-electron chi connectivity index (χ1n) is 6.84. The lowest BCUT2D eigenvalue weighted by Gasteiger charge is -2.14. The third-order valence-electron chi connectivity index (χ3n) is 2.90. The molecular weight excluding hydrogens is 274 g/mol. The lowest BCUT2D eigenvalue weighted by Crippen LogP contribution is -2.15. The van der Waals surface area contributed by atoms with Gasteiger partial charge in [0.05, 0.1) is 21.3 Å². The molecule has 0 aliphatic carbocycles. The molecule has 0 fully saturated rings. The van der Waals surface area contributed by atoms with Gasteiger partial charge in [0.15, 0.2) is 11.5 Å². The zero-order chi connectivity index (χ0) is 14.8. The van der Waals surface area contributed by atoms with E-state index in [1.165, 1.54) is 17.9 Å². The number of benzene rings is 1. The van der Waals surface area contributed by atoms with Crippen molar-refractivity contribution >= 4 is 11.8 Å². The highest BCUT2D eigenvalue weighted by Crippen LogP contribution is 2.38. The molecule has 0 unspecified atom stereocenters. The van der Waals surface area contributed by atoms with Gasteiger partial charge in [-0.05, 0) is 42.2 Å². The van der Waals surface area contributed by atoms with Crippen molar-refractivity contribution < 1.29 is 14.2 Å². The predicted octanol–water partition coefficient (Wildman–Crippen LogP) is 2.95. The maximum Gasteiger partial charge on any atom is 0.203 e. The molecule has 1 aromatic carbocycles. The zero-order valence-corrected chi connectivity index (χ0v) is 13.6. The SMILES string of the molecule is CCSCCCNCc1cc(OC)c(OC)c(OC)c1. The zero-order valence-electron chi connectivity index (χ0n) is 12.8. The third-order valence-corrected chi connectivity index (χ3v) is 3.89. The molecule has 5 heteroatoms. The van der Waals surface area contributed by atoms with E-state index >= 15 is 0 Å². The smallest absolute Gasteiger partial charge is 0.203 e. The second kappa shape index (κ2) is 9.77. The average molecular weight is 299 g/mol. The van der Waals surface area contributed by atoms with Crippen LogP contribution in [0.4, 0.5) is 0 Å². The molecule has 1 aromatic rings. The van der Waals surface area contributed by atoms with E-state index in [9.17, 15) is 0 Å². The van der Waals surface area contributed by atoms with Crippen molar-refractivity contribution in [1.29, 1.82) is 0 Å². The topological polar surface area (TPSA) is 39.7 Å². The van der Waals surface area contributed by atoms with E-state index in [4.69, 9.17) is 14.2 Å². The molecule has 0 bridgehead atoms. The summed E-state index contributed by atoms with van der Waals surface area (Å²) >= 11 is 1.97. The first kappa shape index (κ1) is 17.0. The molecule has 0 saturated carbocycles. The highest BCUT2D eigenvalue weighted by atomic mass is 32.2. The molecule has 114 valence electrons. The summed E-state index contributed by atoms with van der Waals surface area (Å²) in [6.45, 7) is 4.01. The highest BCUT2D eigenvalue weighted by Gasteiger charge is 2.12. The average Bonchev–Trinajstić information content (AvgIpc) is 2.49. The fraction of sp³-hybridized carbons (Fsp3) is 0.600. The summed E-state index contributed by atoms with van der Waals surface area (Å²) in [6, 6.07) is 3.96. The van der Waals surface area contributed by atoms with Gasteiger partial charge in [0.1, 0.15) is 0 Å². The highest BCUT2D eigenvalue weighted by molar-refractivity contribution is 7.99. The number of methoxy groups -OCH3 is 3. The first-order valence-corrected chi connectivity index (χ1v) is 7.99. The van der Waals surface area contributed by atoms with Gasteiger partial charge < -0.3 is 19.5 Å². The Morgan fingerprint density at radius 3 is 2.20 bits per heavy atom. The third kappa shape index (κ3) is 5.13. The van der Waals surface area contributed by atoms with Crippen LogP contribution in [0.2, 0.25) is 0 Å².